The average Bonchev–Trinajstić information content (AvgIpc) is 2.53. The minimum Gasteiger partial charge on any atom is -0.294 e. The first kappa shape index (κ1) is 19.3. The molecule has 0 saturated carbocycles. The zero-order chi connectivity index (χ0) is 17.6. The van der Waals surface area contributed by atoms with Gasteiger partial charge in [0.15, 0.2) is 15.6 Å². The smallest absolute Gasteiger partial charge is 0.179 e. The number of hydrogen-bond acceptors (Lipinski definition) is 3. The predicted octanol–water partition coefficient (Wildman–Crippen LogP) is 4.56. The molecule has 0 unspecified atom stereocenters. The molecule has 0 N–H and O–H groups in total. The highest BCUT2D eigenvalue weighted by Gasteiger charge is 2.11. The van der Waals surface area contributed by atoms with Gasteiger partial charge in [0.1, 0.15) is 5.75 Å². The second-order valence-electron chi connectivity index (χ2n) is 5.01. The monoisotopic (exact) mass is 564 g/mol. The number of sulfone groups is 1. The third-order valence-electron chi connectivity index (χ3n) is 3.01. The fourth-order valence-electron chi connectivity index (χ4n) is 1.81. The van der Waals surface area contributed by atoms with Crippen LogP contribution in [-0.2, 0) is 14.6 Å². The third-order valence-corrected chi connectivity index (χ3v) is 5.69. The van der Waals surface area contributed by atoms with E-state index >= 15 is 0 Å². The zero-order valence-electron chi connectivity index (χ0n) is 12.5. The highest BCUT2D eigenvalue weighted by Crippen LogP contribution is 2.10. The molecule has 0 aliphatic heterocycles. The second kappa shape index (κ2) is 8.91. The van der Waals surface area contributed by atoms with Gasteiger partial charge in [-0.2, -0.15) is 0 Å². The maximum absolute atomic E-state index is 12.0. The Balaban J connectivity index is 1.98. The van der Waals surface area contributed by atoms with Crippen molar-refractivity contribution in [2.45, 2.75) is 0 Å². The van der Waals surface area contributed by atoms with Crippen LogP contribution in [0.2, 0.25) is 0 Å². The normalized spacial score (nSPS) is 12.1. The van der Waals surface area contributed by atoms with E-state index in [4.69, 9.17) is 0 Å². The lowest BCUT2D eigenvalue weighted by Crippen LogP contribution is -2.11. The van der Waals surface area contributed by atoms with Gasteiger partial charge in [-0.05, 0) is 92.7 Å². The van der Waals surface area contributed by atoms with Crippen LogP contribution in [0.15, 0.2) is 60.0 Å². The first-order valence-electron chi connectivity index (χ1n) is 6.97. The molecule has 0 bridgehead atoms. The van der Waals surface area contributed by atoms with E-state index in [0.29, 0.717) is 0 Å². The summed E-state index contributed by atoms with van der Waals surface area (Å²) in [5.41, 5.74) is 1.64. The van der Waals surface area contributed by atoms with Crippen LogP contribution in [0.1, 0.15) is 11.1 Å². The number of allylic oxidation sites excluding steroid dienone is 1. The number of ketones is 1. The summed E-state index contributed by atoms with van der Waals surface area (Å²) < 4.78 is 26.2. The first-order chi connectivity index (χ1) is 11.3. The summed E-state index contributed by atoms with van der Waals surface area (Å²) in [4.78, 5) is 11.9. The van der Waals surface area contributed by atoms with Crippen molar-refractivity contribution in [2.24, 2.45) is 0 Å². The Bertz CT molecular complexity index is 865. The third kappa shape index (κ3) is 6.86. The molecule has 2 rings (SSSR count). The molecule has 24 heavy (non-hydrogen) atoms. The van der Waals surface area contributed by atoms with E-state index < -0.39 is 21.4 Å². The Morgan fingerprint density at radius 1 is 0.833 bits per heavy atom. The van der Waals surface area contributed by atoms with Crippen LogP contribution >= 0.6 is 45.2 Å². The van der Waals surface area contributed by atoms with Crippen LogP contribution in [0.4, 0.5) is 0 Å². The van der Waals surface area contributed by atoms with Crippen LogP contribution in [-0.4, -0.2) is 20.0 Å². The SMILES string of the molecule is O=C(C=Cc1ccc(I)cc1)CS(=O)(=O)C=Cc1ccc(I)cc1. The van der Waals surface area contributed by atoms with Crippen molar-refractivity contribution in [1.82, 2.24) is 0 Å². The molecule has 2 aromatic rings. The van der Waals surface area contributed by atoms with E-state index in [1.54, 1.807) is 6.08 Å². The van der Waals surface area contributed by atoms with Crippen LogP contribution in [0.5, 0.6) is 0 Å². The number of hydrogen-bond donors (Lipinski definition) is 0. The molecule has 0 amide bonds. The van der Waals surface area contributed by atoms with E-state index in [-0.39, 0.29) is 0 Å². The maximum atomic E-state index is 12.0. The van der Waals surface area contributed by atoms with Crippen LogP contribution in [0, 0.1) is 7.14 Å². The van der Waals surface area contributed by atoms with Crippen molar-refractivity contribution < 1.29 is 13.2 Å². The Morgan fingerprint density at radius 3 is 1.79 bits per heavy atom. The molecule has 124 valence electrons. The molecule has 6 heteroatoms. The fourth-order valence-corrected chi connectivity index (χ4v) is 3.49. The van der Waals surface area contributed by atoms with Crippen molar-refractivity contribution in [3.8, 4) is 0 Å². The number of carbonyl (C=O) groups excluding carboxylic acids is 1. The van der Waals surface area contributed by atoms with Gasteiger partial charge in [0.25, 0.3) is 0 Å². The van der Waals surface area contributed by atoms with Crippen LogP contribution in [0.25, 0.3) is 12.2 Å². The fraction of sp³-hybridized carbons (Fsp3) is 0.0556. The Labute approximate surface area is 169 Å². The lowest BCUT2D eigenvalue weighted by Gasteiger charge is -1.97. The molecular formula is C18H14I2O3S. The number of halogens is 2. The summed E-state index contributed by atoms with van der Waals surface area (Å²) in [6, 6.07) is 15.0. The highest BCUT2D eigenvalue weighted by atomic mass is 127. The second-order valence-corrected chi connectivity index (χ2v) is 9.39. The van der Waals surface area contributed by atoms with E-state index in [1.165, 1.54) is 12.2 Å². The topological polar surface area (TPSA) is 51.2 Å². The first-order valence-corrected chi connectivity index (χ1v) is 10.8. The Hall–Kier alpha value is -1.000. The Morgan fingerprint density at radius 2 is 1.29 bits per heavy atom. The molecule has 0 saturated heterocycles. The molecule has 0 aromatic heterocycles. The van der Waals surface area contributed by atoms with Gasteiger partial charge in [-0.1, -0.05) is 30.3 Å². The van der Waals surface area contributed by atoms with Gasteiger partial charge in [0.05, 0.1) is 0 Å². The molecule has 0 radical (unpaired) electrons. The van der Waals surface area contributed by atoms with Crippen LogP contribution < -0.4 is 0 Å². The largest absolute Gasteiger partial charge is 0.294 e. The lowest BCUT2D eigenvalue weighted by molar-refractivity contribution is -0.112. The summed E-state index contributed by atoms with van der Waals surface area (Å²) in [5.74, 6) is -0.977. The maximum Gasteiger partial charge on any atom is 0.179 e. The molecule has 0 fully saturated rings. The van der Waals surface area contributed by atoms with Crippen molar-refractivity contribution in [2.75, 3.05) is 5.75 Å². The van der Waals surface area contributed by atoms with Gasteiger partial charge < -0.3 is 0 Å². The summed E-state index contributed by atoms with van der Waals surface area (Å²) >= 11 is 4.37. The summed E-state index contributed by atoms with van der Waals surface area (Å²) in [7, 11) is -3.58. The minimum atomic E-state index is -3.58. The van der Waals surface area contributed by atoms with Gasteiger partial charge in [0.2, 0.25) is 0 Å². The molecular weight excluding hydrogens is 550 g/mol. The summed E-state index contributed by atoms with van der Waals surface area (Å²) in [6.45, 7) is 0. The molecule has 2 aromatic carbocycles. The zero-order valence-corrected chi connectivity index (χ0v) is 17.7. The average molecular weight is 564 g/mol. The lowest BCUT2D eigenvalue weighted by atomic mass is 10.2. The number of carbonyl (C=O) groups is 1. The van der Waals surface area contributed by atoms with Crippen molar-refractivity contribution >= 4 is 73.0 Å². The number of benzene rings is 2. The Kier molecular flexibility index (Phi) is 7.17. The molecule has 0 aliphatic rings. The van der Waals surface area contributed by atoms with E-state index in [2.05, 4.69) is 45.2 Å². The molecule has 0 heterocycles. The van der Waals surface area contributed by atoms with E-state index in [9.17, 15) is 13.2 Å². The predicted molar refractivity (Wildman–Crippen MR) is 115 cm³/mol. The van der Waals surface area contributed by atoms with Gasteiger partial charge in [-0.15, -0.1) is 0 Å². The van der Waals surface area contributed by atoms with Crippen molar-refractivity contribution in [3.05, 3.63) is 78.3 Å². The summed E-state index contributed by atoms with van der Waals surface area (Å²) in [6.07, 6.45) is 4.43. The number of rotatable bonds is 6. The molecule has 0 atom stereocenters. The highest BCUT2D eigenvalue weighted by molar-refractivity contribution is 14.1. The molecule has 0 aliphatic carbocycles. The van der Waals surface area contributed by atoms with E-state index in [0.717, 1.165) is 23.7 Å². The van der Waals surface area contributed by atoms with E-state index in [1.807, 2.05) is 48.5 Å². The van der Waals surface area contributed by atoms with Gasteiger partial charge >= 0.3 is 0 Å². The van der Waals surface area contributed by atoms with Gasteiger partial charge in [0, 0.05) is 12.5 Å². The quantitative estimate of drug-likeness (QED) is 0.382. The minimum absolute atomic E-state index is 0.444. The van der Waals surface area contributed by atoms with Gasteiger partial charge in [-0.25, -0.2) is 8.42 Å². The van der Waals surface area contributed by atoms with Crippen molar-refractivity contribution in [1.29, 1.82) is 0 Å². The summed E-state index contributed by atoms with van der Waals surface area (Å²) in [5, 5.41) is 1.09. The van der Waals surface area contributed by atoms with Crippen LogP contribution in [0.3, 0.4) is 0 Å². The van der Waals surface area contributed by atoms with Crippen molar-refractivity contribution in [3.63, 3.8) is 0 Å². The standard InChI is InChI=1S/C18H14I2O3S/c19-16-6-1-14(2-7-16)5-10-18(21)13-24(22,23)12-11-15-3-8-17(20)9-4-15/h1-12H,13H2. The molecule has 3 nitrogen and oxygen atoms in total. The van der Waals surface area contributed by atoms with Gasteiger partial charge in [-0.3, -0.25) is 4.79 Å². The molecule has 0 spiro atoms.